The molecule has 0 radical (unpaired) electrons. The third-order valence-electron chi connectivity index (χ3n) is 5.70. The predicted molar refractivity (Wildman–Crippen MR) is 112 cm³/mol. The summed E-state index contributed by atoms with van der Waals surface area (Å²) in [4.78, 5) is 27.1. The van der Waals surface area contributed by atoms with Crippen molar-refractivity contribution in [3.63, 3.8) is 0 Å². The van der Waals surface area contributed by atoms with Gasteiger partial charge in [0.15, 0.2) is 0 Å². The summed E-state index contributed by atoms with van der Waals surface area (Å²) in [5, 5.41) is 7.61. The SMILES string of the molecule is Cc1nn(C)c(NC(=O)C2CCN(C(=O)C3CC3)CC2)c1-c1ccc(Br)cc1. The van der Waals surface area contributed by atoms with Gasteiger partial charge in [-0.3, -0.25) is 14.3 Å². The van der Waals surface area contributed by atoms with Crippen LogP contribution in [0.1, 0.15) is 31.4 Å². The van der Waals surface area contributed by atoms with E-state index in [9.17, 15) is 9.59 Å². The zero-order chi connectivity index (χ0) is 19.8. The van der Waals surface area contributed by atoms with Gasteiger partial charge in [-0.2, -0.15) is 5.10 Å². The molecule has 1 saturated carbocycles. The number of hydrogen-bond acceptors (Lipinski definition) is 3. The summed E-state index contributed by atoms with van der Waals surface area (Å²) in [6.07, 6.45) is 3.49. The lowest BCUT2D eigenvalue weighted by Gasteiger charge is -2.31. The Hall–Kier alpha value is -2.15. The summed E-state index contributed by atoms with van der Waals surface area (Å²) in [7, 11) is 1.85. The summed E-state index contributed by atoms with van der Waals surface area (Å²) >= 11 is 3.46. The molecule has 6 nitrogen and oxygen atoms in total. The molecule has 1 aliphatic carbocycles. The molecule has 1 aromatic heterocycles. The fourth-order valence-electron chi connectivity index (χ4n) is 3.93. The van der Waals surface area contributed by atoms with Crippen LogP contribution in [0.15, 0.2) is 28.7 Å². The molecule has 1 N–H and O–H groups in total. The maximum absolute atomic E-state index is 12.9. The fraction of sp³-hybridized carbons (Fsp3) is 0.476. The average molecular weight is 445 g/mol. The van der Waals surface area contributed by atoms with Crippen molar-refractivity contribution in [1.29, 1.82) is 0 Å². The normalized spacial score (nSPS) is 17.6. The molecule has 0 bridgehead atoms. The molecule has 2 fully saturated rings. The number of aromatic nitrogens is 2. The Morgan fingerprint density at radius 1 is 1.07 bits per heavy atom. The molecule has 2 aliphatic rings. The van der Waals surface area contributed by atoms with Crippen LogP contribution in [-0.2, 0) is 16.6 Å². The first-order valence-corrected chi connectivity index (χ1v) is 10.6. The average Bonchev–Trinajstić information content (AvgIpc) is 3.49. The number of nitrogens with zero attached hydrogens (tertiary/aromatic N) is 3. The predicted octanol–water partition coefficient (Wildman–Crippen LogP) is 3.75. The van der Waals surface area contributed by atoms with Crippen LogP contribution in [0.2, 0.25) is 0 Å². The molecule has 0 atom stereocenters. The molecule has 4 rings (SSSR count). The molecule has 2 amide bonds. The van der Waals surface area contributed by atoms with Gasteiger partial charge in [0.2, 0.25) is 11.8 Å². The van der Waals surface area contributed by atoms with Crippen LogP contribution in [0.25, 0.3) is 11.1 Å². The first-order chi connectivity index (χ1) is 13.4. The van der Waals surface area contributed by atoms with Crippen LogP contribution in [0.4, 0.5) is 5.82 Å². The molecule has 148 valence electrons. The van der Waals surface area contributed by atoms with Crippen molar-refractivity contribution in [3.8, 4) is 11.1 Å². The molecule has 7 heteroatoms. The molecule has 1 aliphatic heterocycles. The van der Waals surface area contributed by atoms with Crippen molar-refractivity contribution in [2.75, 3.05) is 18.4 Å². The number of anilines is 1. The second-order valence-corrected chi connectivity index (χ2v) is 8.72. The Balaban J connectivity index is 1.46. The highest BCUT2D eigenvalue weighted by molar-refractivity contribution is 9.10. The van der Waals surface area contributed by atoms with Crippen LogP contribution < -0.4 is 5.32 Å². The van der Waals surface area contributed by atoms with Crippen LogP contribution in [-0.4, -0.2) is 39.6 Å². The molecular formula is C21H25BrN4O2. The Morgan fingerprint density at radius 2 is 1.71 bits per heavy atom. The van der Waals surface area contributed by atoms with Crippen LogP contribution >= 0.6 is 15.9 Å². The van der Waals surface area contributed by atoms with Gasteiger partial charge in [0.1, 0.15) is 5.82 Å². The standard InChI is InChI=1S/C21H25BrN4O2/c1-13-18(14-5-7-17(22)8-6-14)19(25(2)24-13)23-20(27)15-9-11-26(12-10-15)21(28)16-3-4-16/h5-8,15-16H,3-4,9-12H2,1-2H3,(H,23,27). The smallest absolute Gasteiger partial charge is 0.228 e. The number of nitrogens with one attached hydrogen (secondary N) is 1. The zero-order valence-corrected chi connectivity index (χ0v) is 17.8. The second kappa shape index (κ2) is 7.70. The molecule has 0 spiro atoms. The first kappa shape index (κ1) is 19.2. The van der Waals surface area contributed by atoms with E-state index < -0.39 is 0 Å². The number of benzene rings is 1. The molecular weight excluding hydrogens is 420 g/mol. The van der Waals surface area contributed by atoms with E-state index in [0.717, 1.165) is 52.8 Å². The highest BCUT2D eigenvalue weighted by Gasteiger charge is 2.36. The molecule has 1 saturated heterocycles. The van der Waals surface area contributed by atoms with Gasteiger partial charge < -0.3 is 10.2 Å². The van der Waals surface area contributed by atoms with Gasteiger partial charge in [0.05, 0.1) is 5.69 Å². The third-order valence-corrected chi connectivity index (χ3v) is 6.23. The number of piperidine rings is 1. The van der Waals surface area contributed by atoms with E-state index in [0.29, 0.717) is 13.1 Å². The summed E-state index contributed by atoms with van der Waals surface area (Å²) in [5.74, 6) is 1.19. The highest BCUT2D eigenvalue weighted by Crippen LogP contribution is 2.34. The number of hydrogen-bond donors (Lipinski definition) is 1. The minimum Gasteiger partial charge on any atom is -0.342 e. The largest absolute Gasteiger partial charge is 0.342 e. The van der Waals surface area contributed by atoms with Crippen LogP contribution in [0.3, 0.4) is 0 Å². The number of amides is 2. The lowest BCUT2D eigenvalue weighted by Crippen LogP contribution is -2.42. The second-order valence-electron chi connectivity index (χ2n) is 7.80. The van der Waals surface area contributed by atoms with Gasteiger partial charge in [-0.15, -0.1) is 0 Å². The van der Waals surface area contributed by atoms with Crippen molar-refractivity contribution < 1.29 is 9.59 Å². The van der Waals surface area contributed by atoms with Crippen LogP contribution in [0, 0.1) is 18.8 Å². The Labute approximate surface area is 173 Å². The highest BCUT2D eigenvalue weighted by atomic mass is 79.9. The van der Waals surface area contributed by atoms with E-state index in [1.807, 2.05) is 43.1 Å². The molecule has 28 heavy (non-hydrogen) atoms. The molecule has 0 unspecified atom stereocenters. The fourth-order valence-corrected chi connectivity index (χ4v) is 4.20. The molecule has 1 aromatic carbocycles. The van der Waals surface area contributed by atoms with E-state index in [1.165, 1.54) is 0 Å². The Morgan fingerprint density at radius 3 is 2.32 bits per heavy atom. The summed E-state index contributed by atoms with van der Waals surface area (Å²) < 4.78 is 2.74. The minimum absolute atomic E-state index is 0.0138. The number of carbonyl (C=O) groups excluding carboxylic acids is 2. The van der Waals surface area contributed by atoms with Gasteiger partial charge >= 0.3 is 0 Å². The molecule has 2 aromatic rings. The summed E-state index contributed by atoms with van der Waals surface area (Å²) in [5.41, 5.74) is 2.85. The van der Waals surface area contributed by atoms with Crippen molar-refractivity contribution in [3.05, 3.63) is 34.4 Å². The van der Waals surface area contributed by atoms with Gasteiger partial charge in [-0.05, 0) is 50.3 Å². The lowest BCUT2D eigenvalue weighted by molar-refractivity contribution is -0.135. The van der Waals surface area contributed by atoms with E-state index in [4.69, 9.17) is 0 Å². The van der Waals surface area contributed by atoms with Crippen molar-refractivity contribution in [2.24, 2.45) is 18.9 Å². The summed E-state index contributed by atoms with van der Waals surface area (Å²) in [6, 6.07) is 8.01. The quantitative estimate of drug-likeness (QED) is 0.780. The minimum atomic E-state index is -0.0729. The molecule has 2 heterocycles. The van der Waals surface area contributed by atoms with Gasteiger partial charge in [0, 0.05) is 42.0 Å². The monoisotopic (exact) mass is 444 g/mol. The summed E-state index contributed by atoms with van der Waals surface area (Å²) in [6.45, 7) is 3.31. The van der Waals surface area contributed by atoms with Crippen molar-refractivity contribution in [2.45, 2.75) is 32.6 Å². The van der Waals surface area contributed by atoms with Crippen molar-refractivity contribution in [1.82, 2.24) is 14.7 Å². The number of halogens is 1. The maximum atomic E-state index is 12.9. The van der Waals surface area contributed by atoms with Crippen molar-refractivity contribution >= 4 is 33.6 Å². The van der Waals surface area contributed by atoms with E-state index in [-0.39, 0.29) is 23.7 Å². The number of aryl methyl sites for hydroxylation is 2. The third kappa shape index (κ3) is 3.85. The van der Waals surface area contributed by atoms with Crippen LogP contribution in [0.5, 0.6) is 0 Å². The lowest BCUT2D eigenvalue weighted by atomic mass is 9.95. The zero-order valence-electron chi connectivity index (χ0n) is 16.2. The Kier molecular flexibility index (Phi) is 5.27. The van der Waals surface area contributed by atoms with E-state index >= 15 is 0 Å². The van der Waals surface area contributed by atoms with E-state index in [2.05, 4.69) is 26.3 Å². The maximum Gasteiger partial charge on any atom is 0.228 e. The van der Waals surface area contributed by atoms with Gasteiger partial charge in [0.25, 0.3) is 0 Å². The number of likely N-dealkylation sites (tertiary alicyclic amines) is 1. The van der Waals surface area contributed by atoms with Gasteiger partial charge in [-0.25, -0.2) is 0 Å². The first-order valence-electron chi connectivity index (χ1n) is 9.83. The van der Waals surface area contributed by atoms with E-state index in [1.54, 1.807) is 4.68 Å². The Bertz CT molecular complexity index is 894. The number of carbonyl (C=O) groups is 2. The topological polar surface area (TPSA) is 67.2 Å². The number of rotatable bonds is 4. The van der Waals surface area contributed by atoms with Gasteiger partial charge in [-0.1, -0.05) is 28.1 Å².